The largest absolute Gasteiger partial charge is 0.317 e. The van der Waals surface area contributed by atoms with Crippen molar-refractivity contribution < 1.29 is 0 Å². The van der Waals surface area contributed by atoms with Gasteiger partial charge >= 0.3 is 0 Å². The summed E-state index contributed by atoms with van der Waals surface area (Å²) in [6.07, 6.45) is 5.66. The lowest BCUT2D eigenvalue weighted by Crippen LogP contribution is -2.53. The second-order valence-corrected chi connectivity index (χ2v) is 5.28. The van der Waals surface area contributed by atoms with Gasteiger partial charge < -0.3 is 5.32 Å². The van der Waals surface area contributed by atoms with Crippen LogP contribution in [0.15, 0.2) is 0 Å². The highest BCUT2D eigenvalue weighted by atomic mass is 35.5. The summed E-state index contributed by atoms with van der Waals surface area (Å²) < 4.78 is 0. The lowest BCUT2D eigenvalue weighted by Gasteiger charge is -2.41. The van der Waals surface area contributed by atoms with Crippen molar-refractivity contribution in [3.63, 3.8) is 0 Å². The first-order chi connectivity index (χ1) is 7.43. The topological polar surface area (TPSA) is 18.5 Å². The molecule has 0 aromatic carbocycles. The summed E-state index contributed by atoms with van der Waals surface area (Å²) in [6.45, 7) is 7.76. The summed E-state index contributed by atoms with van der Waals surface area (Å²) in [5.74, 6) is 0. The molecular weight excluding hydrogens is 222 g/mol. The molecule has 1 N–H and O–H groups in total. The molecule has 2 saturated heterocycles. The van der Waals surface area contributed by atoms with Crippen LogP contribution in [0.4, 0.5) is 0 Å². The highest BCUT2D eigenvalue weighted by Gasteiger charge is 2.32. The number of rotatable bonds is 2. The van der Waals surface area contributed by atoms with Gasteiger partial charge in [-0.3, -0.25) is 9.80 Å². The monoisotopic (exact) mass is 245 g/mol. The van der Waals surface area contributed by atoms with Crippen LogP contribution in [0.5, 0.6) is 0 Å². The number of halogens is 1. The maximum Gasteiger partial charge on any atom is 0.0120 e. The average molecular weight is 246 g/mol. The second-order valence-electron chi connectivity index (χ2n) is 5.28. The zero-order valence-corrected chi connectivity index (χ0v) is 10.8. The Hall–Kier alpha value is 0.170. The van der Waals surface area contributed by atoms with E-state index in [2.05, 4.69) is 15.1 Å². The summed E-state index contributed by atoms with van der Waals surface area (Å²) in [5.41, 5.74) is 0. The van der Waals surface area contributed by atoms with E-state index in [9.17, 15) is 0 Å². The molecule has 3 fully saturated rings. The van der Waals surface area contributed by atoms with Gasteiger partial charge in [0.1, 0.15) is 0 Å². The molecule has 0 unspecified atom stereocenters. The molecule has 4 heteroatoms. The van der Waals surface area contributed by atoms with Crippen molar-refractivity contribution in [3.05, 3.63) is 0 Å². The van der Waals surface area contributed by atoms with Crippen LogP contribution in [0.1, 0.15) is 25.7 Å². The molecule has 2 heterocycles. The van der Waals surface area contributed by atoms with Gasteiger partial charge in [0.2, 0.25) is 0 Å². The van der Waals surface area contributed by atoms with E-state index in [0.717, 1.165) is 12.1 Å². The quantitative estimate of drug-likeness (QED) is 0.781. The summed E-state index contributed by atoms with van der Waals surface area (Å²) in [6, 6.07) is 1.85. The zero-order chi connectivity index (χ0) is 10.1. The molecule has 2 aliphatic heterocycles. The number of hydrogen-bond donors (Lipinski definition) is 1. The van der Waals surface area contributed by atoms with Crippen molar-refractivity contribution in [2.24, 2.45) is 0 Å². The Labute approximate surface area is 105 Å². The van der Waals surface area contributed by atoms with Gasteiger partial charge in [0.05, 0.1) is 0 Å². The van der Waals surface area contributed by atoms with Gasteiger partial charge in [0.25, 0.3) is 0 Å². The van der Waals surface area contributed by atoms with Crippen molar-refractivity contribution in [2.75, 3.05) is 39.3 Å². The van der Waals surface area contributed by atoms with Crippen molar-refractivity contribution in [1.29, 1.82) is 0 Å². The summed E-state index contributed by atoms with van der Waals surface area (Å²) >= 11 is 0. The molecule has 0 radical (unpaired) electrons. The van der Waals surface area contributed by atoms with Gasteiger partial charge in [0, 0.05) is 38.3 Å². The first kappa shape index (κ1) is 12.6. The van der Waals surface area contributed by atoms with E-state index < -0.39 is 0 Å². The SMILES string of the molecule is C1CC(N2CCN(C3CC3)CC2)CCN1.Cl. The van der Waals surface area contributed by atoms with Gasteiger partial charge in [-0.1, -0.05) is 0 Å². The van der Waals surface area contributed by atoms with Crippen molar-refractivity contribution in [3.8, 4) is 0 Å². The molecule has 0 aromatic heterocycles. The van der Waals surface area contributed by atoms with E-state index in [4.69, 9.17) is 0 Å². The Morgan fingerprint density at radius 1 is 0.688 bits per heavy atom. The van der Waals surface area contributed by atoms with Crippen LogP contribution in [0, 0.1) is 0 Å². The predicted octanol–water partition coefficient (Wildman–Crippen LogP) is 0.940. The van der Waals surface area contributed by atoms with Crippen LogP contribution in [-0.2, 0) is 0 Å². The van der Waals surface area contributed by atoms with Crippen LogP contribution in [-0.4, -0.2) is 61.2 Å². The molecular formula is C12H24ClN3. The fourth-order valence-electron chi connectivity index (χ4n) is 3.08. The minimum absolute atomic E-state index is 0. The Balaban J connectivity index is 0.000000963. The molecule has 3 nitrogen and oxygen atoms in total. The number of piperidine rings is 1. The molecule has 16 heavy (non-hydrogen) atoms. The molecule has 3 aliphatic rings. The summed E-state index contributed by atoms with van der Waals surface area (Å²) in [7, 11) is 0. The summed E-state index contributed by atoms with van der Waals surface area (Å²) in [4.78, 5) is 5.44. The number of nitrogens with one attached hydrogen (secondary N) is 1. The van der Waals surface area contributed by atoms with Crippen LogP contribution in [0.2, 0.25) is 0 Å². The average Bonchev–Trinajstić information content (AvgIpc) is 3.15. The smallest absolute Gasteiger partial charge is 0.0120 e. The third-order valence-electron chi connectivity index (χ3n) is 4.24. The highest BCUT2D eigenvalue weighted by Crippen LogP contribution is 2.28. The second kappa shape index (κ2) is 5.67. The summed E-state index contributed by atoms with van der Waals surface area (Å²) in [5, 5.41) is 3.45. The lowest BCUT2D eigenvalue weighted by atomic mass is 10.0. The van der Waals surface area contributed by atoms with Gasteiger partial charge in [-0.25, -0.2) is 0 Å². The third-order valence-corrected chi connectivity index (χ3v) is 4.24. The van der Waals surface area contributed by atoms with E-state index >= 15 is 0 Å². The van der Waals surface area contributed by atoms with Crippen LogP contribution < -0.4 is 5.32 Å². The Kier molecular flexibility index (Phi) is 4.48. The Morgan fingerprint density at radius 3 is 1.56 bits per heavy atom. The molecule has 0 amide bonds. The number of nitrogens with zero attached hydrogens (tertiary/aromatic N) is 2. The van der Waals surface area contributed by atoms with E-state index in [1.54, 1.807) is 0 Å². The number of hydrogen-bond acceptors (Lipinski definition) is 3. The maximum absolute atomic E-state index is 3.45. The Bertz CT molecular complexity index is 206. The van der Waals surface area contributed by atoms with E-state index in [-0.39, 0.29) is 12.4 Å². The fraction of sp³-hybridized carbons (Fsp3) is 1.00. The Morgan fingerprint density at radius 2 is 1.12 bits per heavy atom. The molecule has 0 bridgehead atoms. The first-order valence-electron chi connectivity index (χ1n) is 6.62. The van der Waals surface area contributed by atoms with E-state index in [1.165, 1.54) is 65.0 Å². The maximum atomic E-state index is 3.45. The highest BCUT2D eigenvalue weighted by molar-refractivity contribution is 5.85. The van der Waals surface area contributed by atoms with E-state index in [1.807, 2.05) is 0 Å². The normalized spacial score (nSPS) is 30.0. The minimum atomic E-state index is 0. The fourth-order valence-corrected chi connectivity index (χ4v) is 3.08. The number of piperazine rings is 1. The standard InChI is InChI=1S/C12H23N3.ClH/c1-2-11(1)14-7-9-15(10-8-14)12-3-5-13-6-4-12;/h11-13H,1-10H2;1H. The van der Waals surface area contributed by atoms with Gasteiger partial charge in [-0.2, -0.15) is 0 Å². The van der Waals surface area contributed by atoms with Crippen LogP contribution in [0.25, 0.3) is 0 Å². The zero-order valence-electron chi connectivity index (χ0n) is 10.0. The molecule has 1 aliphatic carbocycles. The van der Waals surface area contributed by atoms with Crippen molar-refractivity contribution in [1.82, 2.24) is 15.1 Å². The molecule has 94 valence electrons. The first-order valence-corrected chi connectivity index (χ1v) is 6.62. The van der Waals surface area contributed by atoms with Gasteiger partial charge in [-0.05, 0) is 38.8 Å². The van der Waals surface area contributed by atoms with E-state index in [0.29, 0.717) is 0 Å². The van der Waals surface area contributed by atoms with Crippen molar-refractivity contribution >= 4 is 12.4 Å². The lowest BCUT2D eigenvalue weighted by molar-refractivity contribution is 0.0781. The third kappa shape index (κ3) is 2.89. The van der Waals surface area contributed by atoms with Crippen LogP contribution in [0.3, 0.4) is 0 Å². The van der Waals surface area contributed by atoms with Gasteiger partial charge in [0.15, 0.2) is 0 Å². The van der Waals surface area contributed by atoms with Crippen LogP contribution >= 0.6 is 12.4 Å². The molecule has 0 aromatic rings. The molecule has 3 rings (SSSR count). The predicted molar refractivity (Wildman–Crippen MR) is 69.3 cm³/mol. The molecule has 0 atom stereocenters. The molecule has 0 spiro atoms. The molecule has 1 saturated carbocycles. The van der Waals surface area contributed by atoms with Gasteiger partial charge in [-0.15, -0.1) is 12.4 Å². The van der Waals surface area contributed by atoms with Crippen molar-refractivity contribution in [2.45, 2.75) is 37.8 Å². The minimum Gasteiger partial charge on any atom is -0.317 e.